The Bertz CT molecular complexity index is 795. The van der Waals surface area contributed by atoms with E-state index >= 15 is 0 Å². The van der Waals surface area contributed by atoms with Crippen LogP contribution in [-0.4, -0.2) is 47.0 Å². The Morgan fingerprint density at radius 1 is 1.21 bits per heavy atom. The molecule has 0 saturated carbocycles. The molecule has 0 bridgehead atoms. The third-order valence-electron chi connectivity index (χ3n) is 3.51. The van der Waals surface area contributed by atoms with Crippen molar-refractivity contribution in [3.63, 3.8) is 0 Å². The van der Waals surface area contributed by atoms with Crippen LogP contribution in [0.5, 0.6) is 0 Å². The van der Waals surface area contributed by atoms with Crippen LogP contribution in [0.25, 0.3) is 0 Å². The van der Waals surface area contributed by atoms with Crippen molar-refractivity contribution in [3.8, 4) is 0 Å². The molecule has 0 N–H and O–H groups in total. The summed E-state index contributed by atoms with van der Waals surface area (Å²) >= 11 is 0. The van der Waals surface area contributed by atoms with Gasteiger partial charge in [0.25, 0.3) is 5.56 Å². The van der Waals surface area contributed by atoms with Gasteiger partial charge in [0.2, 0.25) is 0 Å². The lowest BCUT2D eigenvalue weighted by molar-refractivity contribution is -0.141. The molecule has 10 heteroatoms. The topological polar surface area (TPSA) is 77.8 Å². The summed E-state index contributed by atoms with van der Waals surface area (Å²) in [4.78, 5) is 37.9. The van der Waals surface area contributed by atoms with Crippen LogP contribution in [0, 0.1) is 5.92 Å². The first-order chi connectivity index (χ1) is 13.1. The Balaban J connectivity index is 3.37. The monoisotopic (exact) mass is 420 g/mol. The van der Waals surface area contributed by atoms with Crippen molar-refractivity contribution in [1.82, 2.24) is 9.47 Å². The predicted molar refractivity (Wildman–Crippen MR) is 99.6 cm³/mol. The van der Waals surface area contributed by atoms with Gasteiger partial charge in [0.1, 0.15) is 17.7 Å². The van der Waals surface area contributed by atoms with E-state index in [4.69, 9.17) is 4.74 Å². The zero-order valence-corrected chi connectivity index (χ0v) is 17.4. The number of alkyl halides is 3. The minimum Gasteiger partial charge on any atom is -0.465 e. The molecule has 29 heavy (non-hydrogen) atoms. The van der Waals surface area contributed by atoms with Crippen LogP contribution in [0.1, 0.15) is 50.5 Å². The summed E-state index contributed by atoms with van der Waals surface area (Å²) in [5.41, 5.74) is -2.26. The van der Waals surface area contributed by atoms with E-state index in [0.29, 0.717) is 4.57 Å². The molecule has 0 aromatic carbocycles. The zero-order valence-electron chi connectivity index (χ0n) is 17.4. The van der Waals surface area contributed by atoms with Gasteiger partial charge in [-0.3, -0.25) is 4.79 Å². The second-order valence-electron chi connectivity index (χ2n) is 8.06. The fourth-order valence-corrected chi connectivity index (χ4v) is 2.54. The highest BCUT2D eigenvalue weighted by atomic mass is 19.4. The van der Waals surface area contributed by atoms with Gasteiger partial charge in [0.05, 0.1) is 13.7 Å². The molecule has 1 aromatic rings. The van der Waals surface area contributed by atoms with E-state index in [2.05, 4.69) is 4.74 Å². The summed E-state index contributed by atoms with van der Waals surface area (Å²) in [5, 5.41) is 0. The first-order valence-electron chi connectivity index (χ1n) is 8.99. The van der Waals surface area contributed by atoms with Gasteiger partial charge in [-0.2, -0.15) is 13.2 Å². The number of halogens is 3. The van der Waals surface area contributed by atoms with E-state index in [1.54, 1.807) is 20.8 Å². The summed E-state index contributed by atoms with van der Waals surface area (Å²) in [6.07, 6.45) is -4.34. The predicted octanol–water partition coefficient (Wildman–Crippen LogP) is 3.59. The molecule has 7 nitrogen and oxygen atoms in total. The molecule has 1 rings (SSSR count). The highest BCUT2D eigenvalue weighted by Gasteiger charge is 2.30. The maximum absolute atomic E-state index is 12.9. The minimum absolute atomic E-state index is 0.0451. The third kappa shape index (κ3) is 8.16. The second kappa shape index (κ2) is 9.32. The minimum atomic E-state index is -4.67. The molecule has 0 spiro atoms. The molecule has 0 saturated heterocycles. The number of hydrogen-bond donors (Lipinski definition) is 0. The van der Waals surface area contributed by atoms with Crippen LogP contribution in [-0.2, 0) is 22.6 Å². The van der Waals surface area contributed by atoms with Gasteiger partial charge in [-0.15, -0.1) is 0 Å². The number of hydrogen-bond acceptors (Lipinski definition) is 5. The molecule has 0 radical (unpaired) electrons. The van der Waals surface area contributed by atoms with Crippen LogP contribution in [0.3, 0.4) is 0 Å². The Labute approximate surface area is 167 Å². The van der Waals surface area contributed by atoms with Crippen molar-refractivity contribution in [1.29, 1.82) is 0 Å². The summed E-state index contributed by atoms with van der Waals surface area (Å²) in [6.45, 7) is 7.35. The number of pyridine rings is 1. The zero-order chi connectivity index (χ0) is 22.6. The highest BCUT2D eigenvalue weighted by molar-refractivity contribution is 5.89. The van der Waals surface area contributed by atoms with Crippen molar-refractivity contribution in [2.45, 2.75) is 59.5 Å². The quantitative estimate of drug-likeness (QED) is 0.658. The maximum atomic E-state index is 12.9. The van der Waals surface area contributed by atoms with E-state index in [1.807, 2.05) is 13.8 Å². The van der Waals surface area contributed by atoms with Crippen LogP contribution in [0.2, 0.25) is 0 Å². The summed E-state index contributed by atoms with van der Waals surface area (Å²) in [7, 11) is 1.02. The lowest BCUT2D eigenvalue weighted by Crippen LogP contribution is -2.39. The van der Waals surface area contributed by atoms with Gasteiger partial charge < -0.3 is 18.9 Å². The Hall–Kier alpha value is -2.52. The standard InChI is InChI=1S/C19H27F3N2O5/c1-12(2)8-23(17(27)29-18(3,4)5)9-13-7-14(16(26)28-6)15(25)24(10-13)11-19(20,21)22/h7,10,12H,8-9,11H2,1-6H3. The van der Waals surface area contributed by atoms with Gasteiger partial charge in [0, 0.05) is 12.7 Å². The van der Waals surface area contributed by atoms with Crippen molar-refractivity contribution in [2.75, 3.05) is 13.7 Å². The molecule has 0 unspecified atom stereocenters. The number of nitrogens with zero attached hydrogens (tertiary/aromatic N) is 2. The van der Waals surface area contributed by atoms with Crippen molar-refractivity contribution in [3.05, 3.63) is 33.7 Å². The Morgan fingerprint density at radius 3 is 2.24 bits per heavy atom. The maximum Gasteiger partial charge on any atom is 0.410 e. The average molecular weight is 420 g/mol. The number of carbonyl (C=O) groups is 2. The Kier molecular flexibility index (Phi) is 7.88. The van der Waals surface area contributed by atoms with E-state index in [0.717, 1.165) is 19.4 Å². The second-order valence-corrected chi connectivity index (χ2v) is 8.06. The number of aromatic nitrogens is 1. The fraction of sp³-hybridized carbons (Fsp3) is 0.632. The van der Waals surface area contributed by atoms with E-state index in [1.165, 1.54) is 4.90 Å². The lowest BCUT2D eigenvalue weighted by Gasteiger charge is -2.29. The molecule has 0 aliphatic rings. The first-order valence-corrected chi connectivity index (χ1v) is 8.99. The molecule has 0 atom stereocenters. The van der Waals surface area contributed by atoms with Gasteiger partial charge in [0.15, 0.2) is 0 Å². The highest BCUT2D eigenvalue weighted by Crippen LogP contribution is 2.19. The smallest absolute Gasteiger partial charge is 0.410 e. The van der Waals surface area contributed by atoms with Crippen LogP contribution >= 0.6 is 0 Å². The molecule has 0 aliphatic heterocycles. The van der Waals surface area contributed by atoms with Crippen molar-refractivity contribution < 1.29 is 32.2 Å². The number of ether oxygens (including phenoxy) is 2. The number of carbonyl (C=O) groups excluding carboxylic acids is 2. The number of rotatable bonds is 6. The molecular formula is C19H27F3N2O5. The van der Waals surface area contributed by atoms with E-state index in [9.17, 15) is 27.6 Å². The van der Waals surface area contributed by atoms with Gasteiger partial charge in [-0.1, -0.05) is 13.8 Å². The number of esters is 1. The van der Waals surface area contributed by atoms with Crippen molar-refractivity contribution >= 4 is 12.1 Å². The van der Waals surface area contributed by atoms with Crippen LogP contribution < -0.4 is 5.56 Å². The summed E-state index contributed by atoms with van der Waals surface area (Å²) in [6, 6.07) is 1.14. The van der Waals surface area contributed by atoms with E-state index < -0.39 is 41.5 Å². The van der Waals surface area contributed by atoms with Gasteiger partial charge in [-0.05, 0) is 38.3 Å². The molecule has 0 fully saturated rings. The average Bonchev–Trinajstić information content (AvgIpc) is 2.52. The molecule has 1 heterocycles. The largest absolute Gasteiger partial charge is 0.465 e. The molecule has 1 amide bonds. The number of amides is 1. The molecule has 1 aromatic heterocycles. The molecule has 0 aliphatic carbocycles. The Morgan fingerprint density at radius 2 is 1.79 bits per heavy atom. The fourth-order valence-electron chi connectivity index (χ4n) is 2.54. The number of methoxy groups -OCH3 is 1. The summed E-state index contributed by atoms with van der Waals surface area (Å²) < 4.78 is 48.8. The SMILES string of the molecule is COC(=O)c1cc(CN(CC(C)C)C(=O)OC(C)(C)C)cn(CC(F)(F)F)c1=O. The first kappa shape index (κ1) is 24.5. The molecule has 164 valence electrons. The van der Waals surface area contributed by atoms with Crippen molar-refractivity contribution in [2.24, 2.45) is 5.92 Å². The van der Waals surface area contributed by atoms with Gasteiger partial charge in [-0.25, -0.2) is 9.59 Å². The lowest BCUT2D eigenvalue weighted by atomic mass is 10.1. The van der Waals surface area contributed by atoms with Crippen LogP contribution in [0.4, 0.5) is 18.0 Å². The normalized spacial score (nSPS) is 12.1. The molecular weight excluding hydrogens is 393 g/mol. The third-order valence-corrected chi connectivity index (χ3v) is 3.51. The summed E-state index contributed by atoms with van der Waals surface area (Å²) in [5.74, 6) is -1.01. The van der Waals surface area contributed by atoms with Gasteiger partial charge >= 0.3 is 18.2 Å². The van der Waals surface area contributed by atoms with Crippen LogP contribution in [0.15, 0.2) is 17.1 Å². The van der Waals surface area contributed by atoms with E-state index in [-0.39, 0.29) is 24.6 Å².